The van der Waals surface area contributed by atoms with Crippen molar-refractivity contribution in [1.29, 1.82) is 0 Å². The van der Waals surface area contributed by atoms with Crippen LogP contribution in [0.3, 0.4) is 0 Å². The van der Waals surface area contributed by atoms with Gasteiger partial charge < -0.3 is 9.26 Å². The van der Waals surface area contributed by atoms with Gasteiger partial charge in [0.1, 0.15) is 5.78 Å². The number of hydrogen-bond donors (Lipinski definition) is 0. The van der Waals surface area contributed by atoms with Crippen LogP contribution in [-0.2, 0) is 16.0 Å². The van der Waals surface area contributed by atoms with Crippen molar-refractivity contribution in [2.75, 3.05) is 13.2 Å². The predicted molar refractivity (Wildman–Crippen MR) is 65.3 cm³/mol. The molecule has 1 atom stereocenters. The number of ketones is 1. The van der Waals surface area contributed by atoms with Gasteiger partial charge in [-0.2, -0.15) is 4.98 Å². The lowest BCUT2D eigenvalue weighted by Crippen LogP contribution is -2.11. The lowest BCUT2D eigenvalue weighted by molar-refractivity contribution is -0.120. The number of aromatic nitrogens is 2. The van der Waals surface area contributed by atoms with Crippen LogP contribution in [0.4, 0.5) is 0 Å². The summed E-state index contributed by atoms with van der Waals surface area (Å²) in [5, 5.41) is 3.91. The van der Waals surface area contributed by atoms with Crippen molar-refractivity contribution < 1.29 is 14.1 Å². The van der Waals surface area contributed by atoms with Crippen LogP contribution in [0.1, 0.15) is 56.7 Å². The van der Waals surface area contributed by atoms with E-state index in [-0.39, 0.29) is 11.7 Å². The van der Waals surface area contributed by atoms with Gasteiger partial charge >= 0.3 is 0 Å². The summed E-state index contributed by atoms with van der Waals surface area (Å²) in [5.74, 6) is 1.19. The van der Waals surface area contributed by atoms with E-state index in [2.05, 4.69) is 10.1 Å². The zero-order chi connectivity index (χ0) is 12.8. The summed E-state index contributed by atoms with van der Waals surface area (Å²) in [6, 6.07) is 0. The SMILES string of the molecule is CCOCCc1noc(C2CCCCCC2=O)n1. The van der Waals surface area contributed by atoms with Gasteiger partial charge in [-0.25, -0.2) is 0 Å². The molecular formula is C13H20N2O3. The number of rotatable bonds is 5. The molecule has 1 unspecified atom stereocenters. The van der Waals surface area contributed by atoms with E-state index in [0.29, 0.717) is 37.8 Å². The molecule has 5 heteroatoms. The number of carbonyl (C=O) groups excluding carboxylic acids is 1. The van der Waals surface area contributed by atoms with Crippen LogP contribution in [-0.4, -0.2) is 29.1 Å². The first-order valence-electron chi connectivity index (χ1n) is 6.74. The van der Waals surface area contributed by atoms with E-state index in [9.17, 15) is 4.79 Å². The molecule has 1 heterocycles. The van der Waals surface area contributed by atoms with Gasteiger partial charge in [-0.3, -0.25) is 4.79 Å². The van der Waals surface area contributed by atoms with Crippen molar-refractivity contribution in [1.82, 2.24) is 10.1 Å². The Bertz CT molecular complexity index is 389. The van der Waals surface area contributed by atoms with Crippen LogP contribution >= 0.6 is 0 Å². The van der Waals surface area contributed by atoms with E-state index in [1.807, 2.05) is 6.92 Å². The highest BCUT2D eigenvalue weighted by atomic mass is 16.5. The molecule has 0 radical (unpaired) electrons. The van der Waals surface area contributed by atoms with Gasteiger partial charge in [-0.05, 0) is 19.8 Å². The number of hydrogen-bond acceptors (Lipinski definition) is 5. The quantitative estimate of drug-likeness (QED) is 0.594. The van der Waals surface area contributed by atoms with Gasteiger partial charge in [-0.15, -0.1) is 0 Å². The molecule has 0 amide bonds. The Hall–Kier alpha value is -1.23. The van der Waals surface area contributed by atoms with E-state index >= 15 is 0 Å². The molecular weight excluding hydrogens is 232 g/mol. The Labute approximate surface area is 107 Å². The predicted octanol–water partition coefficient (Wildman–Crippen LogP) is 2.27. The van der Waals surface area contributed by atoms with Gasteiger partial charge in [0, 0.05) is 19.4 Å². The monoisotopic (exact) mass is 252 g/mol. The molecule has 5 nitrogen and oxygen atoms in total. The summed E-state index contributed by atoms with van der Waals surface area (Å²) < 4.78 is 10.5. The fourth-order valence-corrected chi connectivity index (χ4v) is 2.24. The highest BCUT2D eigenvalue weighted by molar-refractivity contribution is 5.84. The van der Waals surface area contributed by atoms with Crippen LogP contribution in [0.2, 0.25) is 0 Å². The fraction of sp³-hybridized carbons (Fsp3) is 0.769. The molecule has 18 heavy (non-hydrogen) atoms. The van der Waals surface area contributed by atoms with Crippen LogP contribution < -0.4 is 0 Å². The minimum atomic E-state index is -0.180. The molecule has 1 aromatic heterocycles. The van der Waals surface area contributed by atoms with Crippen LogP contribution in [0, 0.1) is 0 Å². The van der Waals surface area contributed by atoms with Crippen LogP contribution in [0.15, 0.2) is 4.52 Å². The first kappa shape index (κ1) is 13.2. The molecule has 1 aromatic rings. The largest absolute Gasteiger partial charge is 0.381 e. The molecule has 0 spiro atoms. The van der Waals surface area contributed by atoms with Crippen molar-refractivity contribution in [2.24, 2.45) is 0 Å². The van der Waals surface area contributed by atoms with E-state index in [4.69, 9.17) is 9.26 Å². The Morgan fingerprint density at radius 3 is 3.11 bits per heavy atom. The van der Waals surface area contributed by atoms with Gasteiger partial charge in [0.25, 0.3) is 0 Å². The van der Waals surface area contributed by atoms with Gasteiger partial charge in [0.15, 0.2) is 5.82 Å². The highest BCUT2D eigenvalue weighted by Gasteiger charge is 2.27. The van der Waals surface area contributed by atoms with E-state index in [1.165, 1.54) is 0 Å². The van der Waals surface area contributed by atoms with Gasteiger partial charge in [0.05, 0.1) is 12.5 Å². The molecule has 1 aliphatic carbocycles. The zero-order valence-electron chi connectivity index (χ0n) is 10.9. The second-order valence-corrected chi connectivity index (χ2v) is 4.61. The second-order valence-electron chi connectivity index (χ2n) is 4.61. The molecule has 0 bridgehead atoms. The molecule has 100 valence electrons. The highest BCUT2D eigenvalue weighted by Crippen LogP contribution is 2.27. The van der Waals surface area contributed by atoms with E-state index in [0.717, 1.165) is 25.7 Å². The lowest BCUT2D eigenvalue weighted by atomic mass is 9.99. The summed E-state index contributed by atoms with van der Waals surface area (Å²) in [6.45, 7) is 3.23. The minimum Gasteiger partial charge on any atom is -0.381 e. The van der Waals surface area contributed by atoms with E-state index < -0.39 is 0 Å². The maximum absolute atomic E-state index is 11.9. The summed E-state index contributed by atoms with van der Waals surface area (Å²) in [7, 11) is 0. The van der Waals surface area contributed by atoms with Crippen molar-refractivity contribution in [2.45, 2.75) is 51.4 Å². The Balaban J connectivity index is 1.97. The molecule has 0 N–H and O–H groups in total. The maximum atomic E-state index is 11.9. The number of nitrogens with zero attached hydrogens (tertiary/aromatic N) is 2. The molecule has 2 rings (SSSR count). The van der Waals surface area contributed by atoms with E-state index in [1.54, 1.807) is 0 Å². The average Bonchev–Trinajstić information content (AvgIpc) is 2.72. The van der Waals surface area contributed by atoms with Gasteiger partial charge in [0.2, 0.25) is 5.89 Å². The molecule has 1 fully saturated rings. The van der Waals surface area contributed by atoms with Crippen LogP contribution in [0.25, 0.3) is 0 Å². The standard InChI is InChI=1S/C13H20N2O3/c1-2-17-9-8-12-14-13(18-15-12)10-6-4-3-5-7-11(10)16/h10H,2-9H2,1H3. The maximum Gasteiger partial charge on any atom is 0.237 e. The van der Waals surface area contributed by atoms with Crippen molar-refractivity contribution >= 4 is 5.78 Å². The molecule has 0 aliphatic heterocycles. The minimum absolute atomic E-state index is 0.180. The first-order chi connectivity index (χ1) is 8.81. The number of Topliss-reactive ketones (excluding diaryl/α,β-unsaturated/α-hetero) is 1. The van der Waals surface area contributed by atoms with Gasteiger partial charge in [-0.1, -0.05) is 18.0 Å². The third kappa shape index (κ3) is 3.38. The topological polar surface area (TPSA) is 65.2 Å². The molecule has 0 saturated heterocycles. The molecule has 1 saturated carbocycles. The van der Waals surface area contributed by atoms with Crippen LogP contribution in [0.5, 0.6) is 0 Å². The van der Waals surface area contributed by atoms with Crippen molar-refractivity contribution in [3.8, 4) is 0 Å². The fourth-order valence-electron chi connectivity index (χ4n) is 2.24. The molecule has 0 aromatic carbocycles. The summed E-state index contributed by atoms with van der Waals surface area (Å²) in [5.41, 5.74) is 0. The summed E-state index contributed by atoms with van der Waals surface area (Å²) in [6.07, 6.45) is 5.28. The number of carbonyl (C=O) groups is 1. The first-order valence-corrected chi connectivity index (χ1v) is 6.74. The molecule has 1 aliphatic rings. The second kappa shape index (κ2) is 6.64. The van der Waals surface area contributed by atoms with Crippen molar-refractivity contribution in [3.05, 3.63) is 11.7 Å². The Morgan fingerprint density at radius 2 is 2.28 bits per heavy atom. The third-order valence-corrected chi connectivity index (χ3v) is 3.26. The summed E-state index contributed by atoms with van der Waals surface area (Å²) in [4.78, 5) is 16.3. The lowest BCUT2D eigenvalue weighted by Gasteiger charge is -2.06. The third-order valence-electron chi connectivity index (χ3n) is 3.26. The normalized spacial score (nSPS) is 20.9. The summed E-state index contributed by atoms with van der Waals surface area (Å²) >= 11 is 0. The Kier molecular flexibility index (Phi) is 4.87. The average molecular weight is 252 g/mol. The Morgan fingerprint density at radius 1 is 1.39 bits per heavy atom. The number of ether oxygens (including phenoxy) is 1. The zero-order valence-corrected chi connectivity index (χ0v) is 10.9. The smallest absolute Gasteiger partial charge is 0.237 e. The van der Waals surface area contributed by atoms with Crippen molar-refractivity contribution in [3.63, 3.8) is 0 Å².